The summed E-state index contributed by atoms with van der Waals surface area (Å²) < 4.78 is 5.67. The fourth-order valence-electron chi connectivity index (χ4n) is 6.10. The van der Waals surface area contributed by atoms with Crippen LogP contribution in [0.2, 0.25) is 0 Å². The van der Waals surface area contributed by atoms with Crippen molar-refractivity contribution in [2.24, 2.45) is 5.92 Å². The van der Waals surface area contributed by atoms with Gasteiger partial charge in [0.05, 0.1) is 6.54 Å². The number of piperidine rings is 1. The van der Waals surface area contributed by atoms with E-state index in [0.29, 0.717) is 24.1 Å². The Morgan fingerprint density at radius 3 is 2.81 bits per heavy atom. The van der Waals surface area contributed by atoms with Crippen LogP contribution in [0.1, 0.15) is 63.5 Å². The highest BCUT2D eigenvalue weighted by Gasteiger charge is 2.53. The molecule has 2 bridgehead atoms. The lowest BCUT2D eigenvalue weighted by Gasteiger charge is -2.58. The van der Waals surface area contributed by atoms with Gasteiger partial charge in [-0.05, 0) is 75.4 Å². The molecule has 0 radical (unpaired) electrons. The molecule has 3 aliphatic rings. The van der Waals surface area contributed by atoms with Crippen LogP contribution in [0.3, 0.4) is 0 Å². The quantitative estimate of drug-likeness (QED) is 0.523. The lowest BCUT2D eigenvalue weighted by atomic mass is 9.52. The van der Waals surface area contributed by atoms with Crippen molar-refractivity contribution in [1.82, 2.24) is 15.5 Å². The number of nitrogens with zero attached hydrogens (tertiary/aromatic N) is 1. The van der Waals surface area contributed by atoms with Gasteiger partial charge in [0.15, 0.2) is 0 Å². The standard InChI is InChI=1S/C25H35N3O4/c1-4-22(29)26-15-23(30)27-16(2)24(31)32-18-9-8-17-13-21-19-7-5-6-10-25(19,20(17)14-18)11-12-28(21)3/h8-9,14,16,19,21H,4-7,10-13,15H2,1-3H3,(H,26,29)(H,27,30)/t16?,19-,21+,25+/m0/s1. The SMILES string of the molecule is CCC(=O)NCC(=O)NC(C)C(=O)Oc1ccc2c(c1)[C@@]13CCCC[C@H]1[C@@H](C2)N(C)CC3. The summed E-state index contributed by atoms with van der Waals surface area (Å²) in [4.78, 5) is 38.4. The normalized spacial score (nSPS) is 27.5. The zero-order valence-electron chi connectivity index (χ0n) is 19.4. The topological polar surface area (TPSA) is 87.7 Å². The Balaban J connectivity index is 1.46. The molecule has 0 aromatic heterocycles. The van der Waals surface area contributed by atoms with Gasteiger partial charge in [0.2, 0.25) is 11.8 Å². The molecule has 7 heteroatoms. The predicted octanol–water partition coefficient (Wildman–Crippen LogP) is 2.31. The lowest BCUT2D eigenvalue weighted by Crippen LogP contribution is -2.59. The molecule has 1 aliphatic heterocycles. The van der Waals surface area contributed by atoms with Gasteiger partial charge in [-0.3, -0.25) is 9.59 Å². The van der Waals surface area contributed by atoms with Crippen molar-refractivity contribution in [2.45, 2.75) is 76.3 Å². The van der Waals surface area contributed by atoms with Crippen LogP contribution in [-0.2, 0) is 26.2 Å². The Labute approximate surface area is 190 Å². The second-order valence-corrected chi connectivity index (χ2v) is 9.67. The highest BCUT2D eigenvalue weighted by molar-refractivity contribution is 5.88. The molecule has 174 valence electrons. The molecule has 2 amide bonds. The molecule has 1 heterocycles. The van der Waals surface area contributed by atoms with Gasteiger partial charge in [-0.25, -0.2) is 4.79 Å². The van der Waals surface area contributed by atoms with E-state index in [-0.39, 0.29) is 17.9 Å². The average molecular weight is 442 g/mol. The summed E-state index contributed by atoms with van der Waals surface area (Å²) in [5.41, 5.74) is 2.95. The molecule has 0 spiro atoms. The maximum atomic E-state index is 12.6. The molecule has 1 aromatic carbocycles. The maximum absolute atomic E-state index is 12.6. The van der Waals surface area contributed by atoms with Crippen LogP contribution < -0.4 is 15.4 Å². The zero-order valence-corrected chi connectivity index (χ0v) is 19.4. The third kappa shape index (κ3) is 4.27. The van der Waals surface area contributed by atoms with Crippen LogP contribution in [0.5, 0.6) is 5.75 Å². The first-order chi connectivity index (χ1) is 15.3. The Morgan fingerprint density at radius 1 is 1.22 bits per heavy atom. The van der Waals surface area contributed by atoms with Gasteiger partial charge in [0.1, 0.15) is 11.8 Å². The maximum Gasteiger partial charge on any atom is 0.333 e. The fraction of sp³-hybridized carbons (Fsp3) is 0.640. The first kappa shape index (κ1) is 22.8. The number of benzene rings is 1. The molecular weight excluding hydrogens is 406 g/mol. The van der Waals surface area contributed by atoms with E-state index in [1.54, 1.807) is 13.8 Å². The van der Waals surface area contributed by atoms with E-state index in [1.165, 1.54) is 36.8 Å². The molecule has 4 rings (SSSR count). The van der Waals surface area contributed by atoms with Gasteiger partial charge < -0.3 is 20.3 Å². The van der Waals surface area contributed by atoms with Gasteiger partial charge in [0.25, 0.3) is 0 Å². The Morgan fingerprint density at radius 2 is 2.03 bits per heavy atom. The zero-order chi connectivity index (χ0) is 22.9. The highest BCUT2D eigenvalue weighted by atomic mass is 16.5. The number of fused-ring (bicyclic) bond motifs is 1. The van der Waals surface area contributed by atoms with E-state index >= 15 is 0 Å². The molecule has 1 saturated carbocycles. The molecule has 7 nitrogen and oxygen atoms in total. The summed E-state index contributed by atoms with van der Waals surface area (Å²) in [5, 5.41) is 5.09. The summed E-state index contributed by atoms with van der Waals surface area (Å²) >= 11 is 0. The number of likely N-dealkylation sites (N-methyl/N-ethyl adjacent to an activating group) is 1. The minimum atomic E-state index is -0.801. The molecule has 32 heavy (non-hydrogen) atoms. The molecule has 4 atom stereocenters. The van der Waals surface area contributed by atoms with Crippen molar-refractivity contribution >= 4 is 17.8 Å². The van der Waals surface area contributed by atoms with Crippen molar-refractivity contribution < 1.29 is 19.1 Å². The van der Waals surface area contributed by atoms with Crippen molar-refractivity contribution in [2.75, 3.05) is 20.1 Å². The van der Waals surface area contributed by atoms with Gasteiger partial charge in [-0.15, -0.1) is 0 Å². The van der Waals surface area contributed by atoms with Crippen molar-refractivity contribution in [3.63, 3.8) is 0 Å². The summed E-state index contributed by atoms with van der Waals surface area (Å²) in [6.45, 7) is 4.27. The minimum Gasteiger partial charge on any atom is -0.425 e. The van der Waals surface area contributed by atoms with Crippen molar-refractivity contribution in [1.29, 1.82) is 0 Å². The van der Waals surface area contributed by atoms with Crippen LogP contribution in [0, 0.1) is 5.92 Å². The van der Waals surface area contributed by atoms with E-state index in [9.17, 15) is 14.4 Å². The van der Waals surface area contributed by atoms with Gasteiger partial charge in [-0.2, -0.15) is 0 Å². The lowest BCUT2D eigenvalue weighted by molar-refractivity contribution is -0.138. The van der Waals surface area contributed by atoms with E-state index < -0.39 is 17.9 Å². The van der Waals surface area contributed by atoms with Crippen LogP contribution in [0.4, 0.5) is 0 Å². The highest BCUT2D eigenvalue weighted by Crippen LogP contribution is 2.55. The third-order valence-electron chi connectivity index (χ3n) is 7.80. The number of amides is 2. The number of rotatable bonds is 6. The van der Waals surface area contributed by atoms with Crippen LogP contribution >= 0.6 is 0 Å². The Kier molecular flexibility index (Phi) is 6.56. The van der Waals surface area contributed by atoms with Crippen molar-refractivity contribution in [3.05, 3.63) is 29.3 Å². The molecule has 1 aromatic rings. The second kappa shape index (κ2) is 9.22. The summed E-state index contributed by atoms with van der Waals surface area (Å²) in [6, 6.07) is 5.89. The minimum absolute atomic E-state index is 0.150. The number of esters is 1. The smallest absolute Gasteiger partial charge is 0.333 e. The number of ether oxygens (including phenoxy) is 1. The summed E-state index contributed by atoms with van der Waals surface area (Å²) in [7, 11) is 2.26. The number of carbonyl (C=O) groups is 3. The number of likely N-dealkylation sites (tertiary alicyclic amines) is 1. The first-order valence-electron chi connectivity index (χ1n) is 12.0. The molecule has 2 aliphatic carbocycles. The molecule has 1 unspecified atom stereocenters. The molecule has 1 saturated heterocycles. The molecular formula is C25H35N3O4. The van der Waals surface area contributed by atoms with E-state index in [1.807, 2.05) is 6.07 Å². The van der Waals surface area contributed by atoms with Crippen LogP contribution in [-0.4, -0.2) is 54.9 Å². The van der Waals surface area contributed by atoms with E-state index in [2.05, 4.69) is 34.7 Å². The number of hydrogen-bond donors (Lipinski definition) is 2. The Hall–Kier alpha value is -2.41. The molecule has 2 N–H and O–H groups in total. The second-order valence-electron chi connectivity index (χ2n) is 9.67. The largest absolute Gasteiger partial charge is 0.425 e. The van der Waals surface area contributed by atoms with E-state index in [4.69, 9.17) is 4.74 Å². The predicted molar refractivity (Wildman–Crippen MR) is 121 cm³/mol. The number of carbonyl (C=O) groups excluding carboxylic acids is 3. The van der Waals surface area contributed by atoms with Crippen LogP contribution in [0.15, 0.2) is 18.2 Å². The van der Waals surface area contributed by atoms with Crippen LogP contribution in [0.25, 0.3) is 0 Å². The average Bonchev–Trinajstić information content (AvgIpc) is 2.80. The molecule has 2 fully saturated rings. The third-order valence-corrected chi connectivity index (χ3v) is 7.80. The number of hydrogen-bond acceptors (Lipinski definition) is 5. The van der Waals surface area contributed by atoms with Crippen molar-refractivity contribution in [3.8, 4) is 5.75 Å². The summed E-state index contributed by atoms with van der Waals surface area (Å²) in [5.74, 6) is 0.0917. The van der Waals surface area contributed by atoms with Gasteiger partial charge >= 0.3 is 5.97 Å². The fourth-order valence-corrected chi connectivity index (χ4v) is 6.10. The Bertz CT molecular complexity index is 901. The monoisotopic (exact) mass is 441 g/mol. The first-order valence-corrected chi connectivity index (χ1v) is 12.0. The van der Waals surface area contributed by atoms with Gasteiger partial charge in [-0.1, -0.05) is 25.8 Å². The van der Waals surface area contributed by atoms with E-state index in [0.717, 1.165) is 19.4 Å². The summed E-state index contributed by atoms with van der Waals surface area (Å²) in [6.07, 6.45) is 7.57. The number of nitrogens with one attached hydrogen (secondary N) is 2. The van der Waals surface area contributed by atoms with Gasteiger partial charge in [0, 0.05) is 17.9 Å².